The average molecular weight is 435 g/mol. The lowest BCUT2D eigenvalue weighted by Crippen LogP contribution is -2.11. The zero-order chi connectivity index (χ0) is 22.9. The lowest BCUT2D eigenvalue weighted by molar-refractivity contribution is 0.100. The van der Waals surface area contributed by atoms with E-state index >= 15 is 0 Å². The molecule has 33 heavy (non-hydrogen) atoms. The number of hydrogen-bond acceptors (Lipinski definition) is 2. The average Bonchev–Trinajstić information content (AvgIpc) is 3.14. The minimum atomic E-state index is -0.497. The molecule has 0 aliphatic heterocycles. The van der Waals surface area contributed by atoms with Gasteiger partial charge in [-0.3, -0.25) is 4.79 Å². The predicted octanol–water partition coefficient (Wildman–Crippen LogP) is 5.80. The van der Waals surface area contributed by atoms with E-state index in [2.05, 4.69) is 66.1 Å². The highest BCUT2D eigenvalue weighted by molar-refractivity contribution is 6.19. The van der Waals surface area contributed by atoms with E-state index in [4.69, 9.17) is 5.73 Å². The molecule has 0 atom stereocenters. The van der Waals surface area contributed by atoms with E-state index in [0.717, 1.165) is 29.4 Å². The van der Waals surface area contributed by atoms with Gasteiger partial charge in [-0.1, -0.05) is 67.6 Å². The van der Waals surface area contributed by atoms with Crippen LogP contribution in [0.5, 0.6) is 5.75 Å². The quantitative estimate of drug-likeness (QED) is 0.355. The van der Waals surface area contributed by atoms with E-state index in [1.54, 1.807) is 12.1 Å². The number of primary amides is 1. The molecule has 1 amide bonds. The minimum Gasteiger partial charge on any atom is -0.507 e. The normalized spacial score (nSPS) is 11.3. The number of nitrogens with two attached hydrogens (primary N) is 1. The Kier molecular flexibility index (Phi) is 5.35. The van der Waals surface area contributed by atoms with Gasteiger partial charge in [0, 0.05) is 17.5 Å². The summed E-state index contributed by atoms with van der Waals surface area (Å²) in [5, 5.41) is 12.3. The van der Waals surface area contributed by atoms with Crippen molar-refractivity contribution in [1.29, 1.82) is 0 Å². The van der Waals surface area contributed by atoms with E-state index in [9.17, 15) is 9.90 Å². The zero-order valence-corrected chi connectivity index (χ0v) is 18.6. The summed E-state index contributed by atoms with van der Waals surface area (Å²) in [6.45, 7) is 2.69. The first kappa shape index (κ1) is 20.8. The maximum Gasteiger partial charge on any atom is 0.249 e. The van der Waals surface area contributed by atoms with Crippen LogP contribution in [0.3, 0.4) is 0 Å². The largest absolute Gasteiger partial charge is 0.507 e. The summed E-state index contributed by atoms with van der Waals surface area (Å²) in [5.41, 5.74) is 12.7. The molecule has 0 aliphatic rings. The van der Waals surface area contributed by atoms with Gasteiger partial charge in [0.15, 0.2) is 0 Å². The van der Waals surface area contributed by atoms with Crippen molar-refractivity contribution >= 4 is 27.7 Å². The fraction of sp³-hybridized carbons (Fsp3) is 0.138. The summed E-state index contributed by atoms with van der Waals surface area (Å²) in [6, 6.07) is 28.3. The molecule has 5 rings (SSSR count). The van der Waals surface area contributed by atoms with Crippen molar-refractivity contribution in [3.05, 3.63) is 113 Å². The third-order valence-corrected chi connectivity index (χ3v) is 6.39. The second-order valence-electron chi connectivity index (χ2n) is 8.44. The lowest BCUT2D eigenvalue weighted by Gasteiger charge is -2.13. The van der Waals surface area contributed by atoms with Crippen molar-refractivity contribution in [2.24, 2.45) is 5.73 Å². The van der Waals surface area contributed by atoms with Crippen LogP contribution in [0.2, 0.25) is 0 Å². The molecular formula is C29H26N2O2. The van der Waals surface area contributed by atoms with Gasteiger partial charge in [-0.15, -0.1) is 0 Å². The molecule has 4 nitrogen and oxygen atoms in total. The van der Waals surface area contributed by atoms with Crippen LogP contribution in [0.4, 0.5) is 0 Å². The van der Waals surface area contributed by atoms with Gasteiger partial charge < -0.3 is 15.4 Å². The first-order chi connectivity index (χ1) is 16.1. The van der Waals surface area contributed by atoms with E-state index < -0.39 is 5.91 Å². The molecular weight excluding hydrogens is 408 g/mol. The van der Waals surface area contributed by atoms with Crippen LogP contribution in [0.25, 0.3) is 21.8 Å². The number of rotatable bonds is 6. The van der Waals surface area contributed by atoms with Crippen LogP contribution in [0, 0.1) is 0 Å². The number of amides is 1. The van der Waals surface area contributed by atoms with Gasteiger partial charge >= 0.3 is 0 Å². The summed E-state index contributed by atoms with van der Waals surface area (Å²) in [7, 11) is 0. The number of benzene rings is 4. The van der Waals surface area contributed by atoms with Crippen LogP contribution >= 0.6 is 0 Å². The van der Waals surface area contributed by atoms with Gasteiger partial charge in [-0.2, -0.15) is 0 Å². The number of phenolic OH excluding ortho intramolecular Hbond substituents is 1. The van der Waals surface area contributed by atoms with Crippen molar-refractivity contribution < 1.29 is 9.90 Å². The standard InChI is InChI=1S/C29H26N2O2/c1-2-19-16-25-28(26(32)17-19)27-23(29(30)33)13-8-14-24(27)31(25)18-22-12-7-6-11-21(22)15-20-9-4-3-5-10-20/h3-14,16-17,32H,2,15,18H2,1H3,(H2,30,33). The Labute approximate surface area is 192 Å². The first-order valence-electron chi connectivity index (χ1n) is 11.2. The Balaban J connectivity index is 1.73. The maximum atomic E-state index is 12.2. The SMILES string of the molecule is CCc1cc(O)c2c3c(C(N)=O)cccc3n(Cc3ccccc3Cc3ccccc3)c2c1. The second-order valence-corrected chi connectivity index (χ2v) is 8.44. The zero-order valence-electron chi connectivity index (χ0n) is 18.6. The highest BCUT2D eigenvalue weighted by Crippen LogP contribution is 2.38. The highest BCUT2D eigenvalue weighted by atomic mass is 16.3. The number of nitrogens with zero attached hydrogens (tertiary/aromatic N) is 1. The van der Waals surface area contributed by atoms with Crippen LogP contribution in [-0.2, 0) is 19.4 Å². The van der Waals surface area contributed by atoms with Gasteiger partial charge in [0.05, 0.1) is 16.4 Å². The fourth-order valence-corrected chi connectivity index (χ4v) is 4.75. The Bertz CT molecular complexity index is 1480. The number of phenols is 1. The predicted molar refractivity (Wildman–Crippen MR) is 134 cm³/mol. The maximum absolute atomic E-state index is 12.2. The van der Waals surface area contributed by atoms with Gasteiger partial charge in [0.25, 0.3) is 0 Å². The summed E-state index contributed by atoms with van der Waals surface area (Å²) >= 11 is 0. The summed E-state index contributed by atoms with van der Waals surface area (Å²) in [4.78, 5) is 12.2. The number of aryl methyl sites for hydroxylation is 1. The number of carbonyl (C=O) groups is 1. The monoisotopic (exact) mass is 434 g/mol. The summed E-state index contributed by atoms with van der Waals surface area (Å²) < 4.78 is 2.19. The summed E-state index contributed by atoms with van der Waals surface area (Å²) in [5.74, 6) is -0.317. The third-order valence-electron chi connectivity index (χ3n) is 6.39. The topological polar surface area (TPSA) is 68.2 Å². The van der Waals surface area contributed by atoms with E-state index in [0.29, 0.717) is 22.9 Å². The molecule has 164 valence electrons. The van der Waals surface area contributed by atoms with Crippen LogP contribution in [0.15, 0.2) is 84.9 Å². The Hall–Kier alpha value is -4.05. The first-order valence-corrected chi connectivity index (χ1v) is 11.2. The Morgan fingerprint density at radius 2 is 1.55 bits per heavy atom. The number of aromatic hydroxyl groups is 1. The van der Waals surface area contributed by atoms with Gasteiger partial charge in [-0.05, 0) is 59.4 Å². The molecule has 0 radical (unpaired) electrons. The molecule has 0 saturated carbocycles. The molecule has 0 unspecified atom stereocenters. The van der Waals surface area contributed by atoms with Crippen molar-refractivity contribution in [1.82, 2.24) is 4.57 Å². The van der Waals surface area contributed by atoms with Crippen molar-refractivity contribution in [3.63, 3.8) is 0 Å². The molecule has 0 saturated heterocycles. The molecule has 0 spiro atoms. The van der Waals surface area contributed by atoms with Gasteiger partial charge in [0.1, 0.15) is 5.75 Å². The Morgan fingerprint density at radius 3 is 2.27 bits per heavy atom. The number of hydrogen-bond donors (Lipinski definition) is 2. The van der Waals surface area contributed by atoms with Crippen molar-refractivity contribution in [3.8, 4) is 5.75 Å². The van der Waals surface area contributed by atoms with Crippen LogP contribution in [-0.4, -0.2) is 15.6 Å². The number of carbonyl (C=O) groups excluding carboxylic acids is 1. The molecule has 4 aromatic carbocycles. The fourth-order valence-electron chi connectivity index (χ4n) is 4.75. The third kappa shape index (κ3) is 3.74. The second kappa shape index (κ2) is 8.47. The van der Waals surface area contributed by atoms with Crippen molar-refractivity contribution in [2.45, 2.75) is 26.3 Å². The number of fused-ring (bicyclic) bond motifs is 3. The van der Waals surface area contributed by atoms with Gasteiger partial charge in [0.2, 0.25) is 5.91 Å². The molecule has 1 aromatic heterocycles. The van der Waals surface area contributed by atoms with Crippen molar-refractivity contribution in [2.75, 3.05) is 0 Å². The molecule has 0 fully saturated rings. The van der Waals surface area contributed by atoms with Gasteiger partial charge in [-0.25, -0.2) is 0 Å². The Morgan fingerprint density at radius 1 is 0.818 bits per heavy atom. The highest BCUT2D eigenvalue weighted by Gasteiger charge is 2.20. The molecule has 0 aliphatic carbocycles. The van der Waals surface area contributed by atoms with Crippen LogP contribution in [0.1, 0.15) is 39.5 Å². The molecule has 1 heterocycles. The molecule has 3 N–H and O–H groups in total. The van der Waals surface area contributed by atoms with Crippen LogP contribution < -0.4 is 5.73 Å². The lowest BCUT2D eigenvalue weighted by atomic mass is 9.99. The summed E-state index contributed by atoms with van der Waals surface area (Å²) in [6.07, 6.45) is 1.64. The molecule has 5 aromatic rings. The number of aromatic nitrogens is 1. The molecule has 0 bridgehead atoms. The van der Waals surface area contributed by atoms with E-state index in [1.165, 1.54) is 16.7 Å². The minimum absolute atomic E-state index is 0.180. The van der Waals surface area contributed by atoms with E-state index in [1.807, 2.05) is 18.2 Å². The molecule has 4 heteroatoms. The van der Waals surface area contributed by atoms with E-state index in [-0.39, 0.29) is 5.75 Å². The smallest absolute Gasteiger partial charge is 0.249 e.